The predicted octanol–water partition coefficient (Wildman–Crippen LogP) is 7.86. The highest BCUT2D eigenvalue weighted by Crippen LogP contribution is 2.43. The Kier molecular flexibility index (Phi) is 4.49. The smallest absolute Gasteiger partial charge is 0.456 e. The second-order valence-electron chi connectivity index (χ2n) is 10.8. The molecular formula is C32H27BO3. The number of rotatable bonds is 2. The van der Waals surface area contributed by atoms with E-state index < -0.39 is 18.3 Å². The molecule has 1 aliphatic heterocycles. The van der Waals surface area contributed by atoms with Crippen LogP contribution in [0.4, 0.5) is 0 Å². The van der Waals surface area contributed by atoms with Gasteiger partial charge in [-0.05, 0) is 84.0 Å². The van der Waals surface area contributed by atoms with Gasteiger partial charge in [0.25, 0.3) is 0 Å². The molecule has 0 atom stereocenters. The first-order valence-electron chi connectivity index (χ1n) is 12.5. The predicted molar refractivity (Wildman–Crippen MR) is 150 cm³/mol. The standard InChI is InChI=1S/C32H27BO3/c1-31(2)32(3,4)36-33(35-31)26-17-18-28-30(24-15-9-10-16-27(24)34-28)29(26)25-19-20-11-5-6-12-21(20)22-13-7-8-14-23(22)25/h5-19H,1-4H3. The van der Waals surface area contributed by atoms with Crippen LogP contribution in [0.5, 0.6) is 0 Å². The van der Waals surface area contributed by atoms with Crippen LogP contribution in [0.1, 0.15) is 27.7 Å². The second kappa shape index (κ2) is 7.46. The van der Waals surface area contributed by atoms with Crippen molar-refractivity contribution in [1.29, 1.82) is 0 Å². The molecule has 7 rings (SSSR count). The van der Waals surface area contributed by atoms with Crippen molar-refractivity contribution in [2.45, 2.75) is 38.9 Å². The van der Waals surface area contributed by atoms with Gasteiger partial charge in [-0.25, -0.2) is 0 Å². The third-order valence-electron chi connectivity index (χ3n) is 8.12. The molecule has 0 radical (unpaired) electrons. The van der Waals surface area contributed by atoms with E-state index in [-0.39, 0.29) is 0 Å². The topological polar surface area (TPSA) is 31.6 Å². The molecule has 1 saturated heterocycles. The van der Waals surface area contributed by atoms with Crippen LogP contribution >= 0.6 is 0 Å². The van der Waals surface area contributed by atoms with Crippen molar-refractivity contribution < 1.29 is 13.7 Å². The molecule has 0 amide bonds. The number of furan rings is 1. The van der Waals surface area contributed by atoms with Crippen LogP contribution in [-0.4, -0.2) is 18.3 Å². The minimum Gasteiger partial charge on any atom is -0.456 e. The van der Waals surface area contributed by atoms with E-state index >= 15 is 0 Å². The number of fused-ring (bicyclic) bond motifs is 6. The molecule has 1 aromatic heterocycles. The molecule has 0 N–H and O–H groups in total. The van der Waals surface area contributed by atoms with Crippen LogP contribution < -0.4 is 5.46 Å². The van der Waals surface area contributed by atoms with E-state index in [0.29, 0.717) is 0 Å². The van der Waals surface area contributed by atoms with Gasteiger partial charge in [0.1, 0.15) is 11.2 Å². The van der Waals surface area contributed by atoms with Crippen molar-refractivity contribution in [2.24, 2.45) is 0 Å². The lowest BCUT2D eigenvalue weighted by molar-refractivity contribution is 0.00578. The van der Waals surface area contributed by atoms with Crippen LogP contribution in [0.25, 0.3) is 54.6 Å². The summed E-state index contributed by atoms with van der Waals surface area (Å²) < 4.78 is 19.5. The first-order valence-corrected chi connectivity index (χ1v) is 12.5. The summed E-state index contributed by atoms with van der Waals surface area (Å²) in [6.45, 7) is 8.40. The fourth-order valence-corrected chi connectivity index (χ4v) is 5.55. The van der Waals surface area contributed by atoms with Gasteiger partial charge in [-0.2, -0.15) is 0 Å². The van der Waals surface area contributed by atoms with E-state index in [0.717, 1.165) is 38.5 Å². The Bertz CT molecular complexity index is 1800. The molecule has 0 saturated carbocycles. The van der Waals surface area contributed by atoms with Crippen LogP contribution in [0.3, 0.4) is 0 Å². The molecule has 176 valence electrons. The van der Waals surface area contributed by atoms with Gasteiger partial charge in [0.15, 0.2) is 0 Å². The normalized spacial score (nSPS) is 17.1. The molecule has 3 nitrogen and oxygen atoms in total. The molecule has 2 heterocycles. The molecule has 1 fully saturated rings. The molecule has 6 aromatic rings. The van der Waals surface area contributed by atoms with E-state index in [1.54, 1.807) is 0 Å². The highest BCUT2D eigenvalue weighted by Gasteiger charge is 2.52. The Balaban J connectivity index is 1.64. The molecule has 0 spiro atoms. The van der Waals surface area contributed by atoms with Crippen molar-refractivity contribution in [2.75, 3.05) is 0 Å². The SMILES string of the molecule is CC1(C)OB(c2ccc3oc4ccccc4c3c2-c2cc3ccccc3c3ccccc23)OC1(C)C. The van der Waals surface area contributed by atoms with Crippen LogP contribution in [0.15, 0.2) is 95.4 Å². The summed E-state index contributed by atoms with van der Waals surface area (Å²) in [6.07, 6.45) is 0. The van der Waals surface area contributed by atoms with Gasteiger partial charge in [-0.3, -0.25) is 0 Å². The molecule has 5 aromatic carbocycles. The summed E-state index contributed by atoms with van der Waals surface area (Å²) in [5, 5.41) is 7.08. The molecule has 1 aliphatic rings. The summed E-state index contributed by atoms with van der Waals surface area (Å²) in [6, 6.07) is 32.0. The van der Waals surface area contributed by atoms with Gasteiger partial charge >= 0.3 is 7.12 Å². The van der Waals surface area contributed by atoms with E-state index in [4.69, 9.17) is 13.7 Å². The van der Waals surface area contributed by atoms with Crippen molar-refractivity contribution in [3.05, 3.63) is 91.0 Å². The van der Waals surface area contributed by atoms with Crippen LogP contribution in [0.2, 0.25) is 0 Å². The van der Waals surface area contributed by atoms with Gasteiger partial charge in [0.2, 0.25) is 0 Å². The largest absolute Gasteiger partial charge is 0.495 e. The molecule has 0 aliphatic carbocycles. The highest BCUT2D eigenvalue weighted by atomic mass is 16.7. The fourth-order valence-electron chi connectivity index (χ4n) is 5.55. The summed E-state index contributed by atoms with van der Waals surface area (Å²) in [7, 11) is -0.492. The Morgan fingerprint density at radius 3 is 1.94 bits per heavy atom. The lowest BCUT2D eigenvalue weighted by atomic mass is 9.72. The minimum absolute atomic E-state index is 0.437. The van der Waals surface area contributed by atoms with Gasteiger partial charge in [0, 0.05) is 10.8 Å². The number of benzene rings is 5. The van der Waals surface area contributed by atoms with E-state index in [1.807, 2.05) is 12.1 Å². The minimum atomic E-state index is -0.492. The molecular weight excluding hydrogens is 443 g/mol. The number of hydrogen-bond donors (Lipinski definition) is 0. The van der Waals surface area contributed by atoms with E-state index in [9.17, 15) is 0 Å². The Morgan fingerprint density at radius 2 is 1.19 bits per heavy atom. The highest BCUT2D eigenvalue weighted by molar-refractivity contribution is 6.65. The monoisotopic (exact) mass is 470 g/mol. The third-order valence-corrected chi connectivity index (χ3v) is 8.12. The summed E-state index contributed by atoms with van der Waals surface area (Å²) >= 11 is 0. The number of hydrogen-bond acceptors (Lipinski definition) is 3. The zero-order chi connectivity index (χ0) is 24.7. The van der Waals surface area contributed by atoms with Gasteiger partial charge in [0.05, 0.1) is 11.2 Å². The first kappa shape index (κ1) is 21.7. The maximum atomic E-state index is 6.60. The molecule has 36 heavy (non-hydrogen) atoms. The zero-order valence-corrected chi connectivity index (χ0v) is 21.0. The fraction of sp³-hybridized carbons (Fsp3) is 0.188. The van der Waals surface area contributed by atoms with Gasteiger partial charge < -0.3 is 13.7 Å². The van der Waals surface area contributed by atoms with Gasteiger partial charge in [-0.1, -0.05) is 72.8 Å². The van der Waals surface area contributed by atoms with Crippen molar-refractivity contribution in [1.82, 2.24) is 0 Å². The van der Waals surface area contributed by atoms with E-state index in [2.05, 4.69) is 107 Å². The third kappa shape index (κ3) is 3.01. The second-order valence-corrected chi connectivity index (χ2v) is 10.8. The lowest BCUT2D eigenvalue weighted by Gasteiger charge is -2.32. The Morgan fingerprint density at radius 1 is 0.583 bits per heavy atom. The van der Waals surface area contributed by atoms with Crippen molar-refractivity contribution in [3.8, 4) is 11.1 Å². The maximum absolute atomic E-state index is 6.60. The number of para-hydroxylation sites is 1. The maximum Gasteiger partial charge on any atom is 0.495 e. The first-order chi connectivity index (χ1) is 17.3. The Labute approximate surface area is 210 Å². The summed E-state index contributed by atoms with van der Waals surface area (Å²) in [5.41, 5.74) is 4.16. The van der Waals surface area contributed by atoms with E-state index in [1.165, 1.54) is 21.5 Å². The summed E-state index contributed by atoms with van der Waals surface area (Å²) in [5.74, 6) is 0. The molecule has 0 bridgehead atoms. The van der Waals surface area contributed by atoms with Crippen LogP contribution in [-0.2, 0) is 9.31 Å². The Hall–Kier alpha value is -3.60. The zero-order valence-electron chi connectivity index (χ0n) is 21.0. The molecule has 0 unspecified atom stereocenters. The average Bonchev–Trinajstić information content (AvgIpc) is 3.36. The summed E-state index contributed by atoms with van der Waals surface area (Å²) in [4.78, 5) is 0. The van der Waals surface area contributed by atoms with Crippen LogP contribution in [0, 0.1) is 0 Å². The average molecular weight is 470 g/mol. The lowest BCUT2D eigenvalue weighted by Crippen LogP contribution is -2.41. The quantitative estimate of drug-likeness (QED) is 0.191. The van der Waals surface area contributed by atoms with Crippen molar-refractivity contribution >= 4 is 56.1 Å². The van der Waals surface area contributed by atoms with Gasteiger partial charge in [-0.15, -0.1) is 0 Å². The van der Waals surface area contributed by atoms with Crippen molar-refractivity contribution in [3.63, 3.8) is 0 Å². The molecule has 4 heteroatoms.